The minimum Gasteiger partial charge on any atom is -0.385 e. The average Bonchev–Trinajstić information content (AvgIpc) is 3.22. The fourth-order valence-corrected chi connectivity index (χ4v) is 3.76. The van der Waals surface area contributed by atoms with Crippen molar-refractivity contribution in [1.29, 1.82) is 0 Å². The molecule has 1 unspecified atom stereocenters. The molecule has 3 aromatic heterocycles. The van der Waals surface area contributed by atoms with E-state index in [0.717, 1.165) is 46.6 Å². The highest BCUT2D eigenvalue weighted by Crippen LogP contribution is 2.31. The van der Waals surface area contributed by atoms with Crippen LogP contribution in [0.3, 0.4) is 0 Å². The Kier molecular flexibility index (Phi) is 3.75. The quantitative estimate of drug-likeness (QED) is 0.670. The van der Waals surface area contributed by atoms with E-state index < -0.39 is 5.60 Å². The number of thiazole rings is 1. The number of rotatable bonds is 4. The van der Waals surface area contributed by atoms with E-state index in [1.807, 2.05) is 10.6 Å². The maximum absolute atomic E-state index is 10.2. The topological polar surface area (TPSA) is 87.4 Å². The molecule has 1 atom stereocenters. The lowest BCUT2D eigenvalue weighted by Gasteiger charge is -2.13. The summed E-state index contributed by atoms with van der Waals surface area (Å²) < 4.78 is 1.96. The Morgan fingerprint density at radius 2 is 2.25 bits per heavy atom. The van der Waals surface area contributed by atoms with Gasteiger partial charge in [0.25, 0.3) is 0 Å². The normalized spacial score (nSPS) is 18.4. The van der Waals surface area contributed by atoms with Crippen LogP contribution in [0, 0.1) is 0 Å². The van der Waals surface area contributed by atoms with Crippen LogP contribution in [-0.2, 0) is 5.60 Å². The molecule has 0 aliphatic carbocycles. The third-order valence-electron chi connectivity index (χ3n) is 4.12. The lowest BCUT2D eigenvalue weighted by molar-refractivity contribution is 0.0822. The zero-order chi connectivity index (χ0) is 16.7. The van der Waals surface area contributed by atoms with Crippen LogP contribution in [0.2, 0.25) is 0 Å². The predicted octanol–water partition coefficient (Wildman–Crippen LogP) is 1.85. The van der Waals surface area contributed by atoms with Crippen molar-refractivity contribution in [3.8, 4) is 11.4 Å². The van der Waals surface area contributed by atoms with Gasteiger partial charge in [-0.15, -0.1) is 0 Å². The molecule has 0 aromatic carbocycles. The van der Waals surface area contributed by atoms with Gasteiger partial charge in [-0.1, -0.05) is 11.3 Å². The number of aliphatic hydroxyl groups is 1. The number of aromatic nitrogens is 4. The van der Waals surface area contributed by atoms with Crippen molar-refractivity contribution in [2.24, 2.45) is 0 Å². The summed E-state index contributed by atoms with van der Waals surface area (Å²) in [6.45, 7) is 5.53. The van der Waals surface area contributed by atoms with Crippen molar-refractivity contribution in [2.45, 2.75) is 31.9 Å². The van der Waals surface area contributed by atoms with Crippen LogP contribution >= 0.6 is 11.3 Å². The fraction of sp³-hybridized carbons (Fsp3) is 0.438. The highest BCUT2D eigenvalue weighted by molar-refractivity contribution is 7.17. The van der Waals surface area contributed by atoms with Gasteiger partial charge in [-0.3, -0.25) is 9.38 Å². The molecule has 4 rings (SSSR count). The molecule has 0 radical (unpaired) electrons. The molecule has 1 aliphatic heterocycles. The first-order chi connectivity index (χ1) is 11.5. The van der Waals surface area contributed by atoms with Gasteiger partial charge in [0, 0.05) is 18.8 Å². The van der Waals surface area contributed by atoms with Gasteiger partial charge in [0.2, 0.25) is 0 Å². The fourth-order valence-electron chi connectivity index (χ4n) is 2.80. The first-order valence-corrected chi connectivity index (χ1v) is 8.82. The second-order valence-corrected chi connectivity index (χ2v) is 7.58. The SMILES string of the molecule is CC(C)(O)c1cn2c(-c3cncc(NC4CCNC4)n3)cnc2s1. The first kappa shape index (κ1) is 15.5. The number of nitrogens with zero attached hydrogens (tertiary/aromatic N) is 4. The van der Waals surface area contributed by atoms with E-state index in [-0.39, 0.29) is 0 Å². The van der Waals surface area contributed by atoms with Gasteiger partial charge >= 0.3 is 0 Å². The Morgan fingerprint density at radius 3 is 3.00 bits per heavy atom. The molecule has 24 heavy (non-hydrogen) atoms. The monoisotopic (exact) mass is 344 g/mol. The molecule has 3 aromatic rings. The number of fused-ring (bicyclic) bond motifs is 1. The van der Waals surface area contributed by atoms with E-state index in [2.05, 4.69) is 25.6 Å². The maximum Gasteiger partial charge on any atom is 0.194 e. The molecule has 1 saturated heterocycles. The van der Waals surface area contributed by atoms with Crippen LogP contribution in [0.1, 0.15) is 25.1 Å². The van der Waals surface area contributed by atoms with Gasteiger partial charge in [-0.25, -0.2) is 9.97 Å². The molecule has 8 heteroatoms. The first-order valence-electron chi connectivity index (χ1n) is 8.00. The van der Waals surface area contributed by atoms with Gasteiger partial charge in [-0.2, -0.15) is 0 Å². The van der Waals surface area contributed by atoms with E-state index in [1.54, 1.807) is 32.4 Å². The molecule has 0 spiro atoms. The van der Waals surface area contributed by atoms with Crippen molar-refractivity contribution in [2.75, 3.05) is 18.4 Å². The van der Waals surface area contributed by atoms with E-state index in [9.17, 15) is 5.11 Å². The minimum absolute atomic E-state index is 0.392. The Hall–Kier alpha value is -2.03. The molecule has 0 bridgehead atoms. The molecule has 0 saturated carbocycles. The highest BCUT2D eigenvalue weighted by atomic mass is 32.1. The number of imidazole rings is 1. The number of anilines is 1. The number of nitrogens with one attached hydrogen (secondary N) is 2. The summed E-state index contributed by atoms with van der Waals surface area (Å²) in [6, 6.07) is 0.392. The van der Waals surface area contributed by atoms with Gasteiger partial charge in [-0.05, 0) is 26.8 Å². The standard InChI is InChI=1S/C16H20N6OS/c1-16(2,23)13-9-22-12(7-19-15(22)24-13)11-6-18-8-14(21-11)20-10-3-4-17-5-10/h6-10,17,23H,3-5H2,1-2H3,(H,20,21). The number of hydrogen-bond donors (Lipinski definition) is 3. The molecular formula is C16H20N6OS. The minimum atomic E-state index is -0.882. The van der Waals surface area contributed by atoms with Gasteiger partial charge < -0.3 is 15.7 Å². The van der Waals surface area contributed by atoms with E-state index in [0.29, 0.717) is 6.04 Å². The maximum atomic E-state index is 10.2. The van der Waals surface area contributed by atoms with Crippen LogP contribution in [0.5, 0.6) is 0 Å². The second kappa shape index (κ2) is 5.80. The molecule has 0 amide bonds. The molecule has 3 N–H and O–H groups in total. The van der Waals surface area contributed by atoms with E-state index >= 15 is 0 Å². The second-order valence-electron chi connectivity index (χ2n) is 6.57. The third-order valence-corrected chi connectivity index (χ3v) is 5.43. The van der Waals surface area contributed by atoms with Gasteiger partial charge in [0.1, 0.15) is 11.5 Å². The van der Waals surface area contributed by atoms with Crippen molar-refractivity contribution < 1.29 is 5.11 Å². The van der Waals surface area contributed by atoms with Crippen molar-refractivity contribution in [3.05, 3.63) is 29.7 Å². The van der Waals surface area contributed by atoms with E-state index in [1.165, 1.54) is 11.3 Å². The molecule has 7 nitrogen and oxygen atoms in total. The largest absolute Gasteiger partial charge is 0.385 e. The molecule has 1 aliphatic rings. The zero-order valence-electron chi connectivity index (χ0n) is 13.7. The summed E-state index contributed by atoms with van der Waals surface area (Å²) in [5.74, 6) is 0.772. The third kappa shape index (κ3) is 2.88. The molecular weight excluding hydrogens is 324 g/mol. The van der Waals surface area contributed by atoms with Crippen LogP contribution in [0.25, 0.3) is 16.3 Å². The lowest BCUT2D eigenvalue weighted by atomic mass is 10.1. The average molecular weight is 344 g/mol. The van der Waals surface area contributed by atoms with Gasteiger partial charge in [0.15, 0.2) is 4.96 Å². The Balaban J connectivity index is 1.68. The van der Waals surface area contributed by atoms with Crippen molar-refractivity contribution in [3.63, 3.8) is 0 Å². The Morgan fingerprint density at radius 1 is 1.38 bits per heavy atom. The smallest absolute Gasteiger partial charge is 0.194 e. The number of hydrogen-bond acceptors (Lipinski definition) is 7. The summed E-state index contributed by atoms with van der Waals surface area (Å²) in [5.41, 5.74) is 0.753. The highest BCUT2D eigenvalue weighted by Gasteiger charge is 2.22. The Bertz CT molecular complexity index is 859. The van der Waals surface area contributed by atoms with Crippen LogP contribution < -0.4 is 10.6 Å². The van der Waals surface area contributed by atoms with E-state index in [4.69, 9.17) is 0 Å². The summed E-state index contributed by atoms with van der Waals surface area (Å²) in [7, 11) is 0. The predicted molar refractivity (Wildman–Crippen MR) is 94.2 cm³/mol. The van der Waals surface area contributed by atoms with Crippen molar-refractivity contribution >= 4 is 22.1 Å². The Labute approximate surface area is 143 Å². The summed E-state index contributed by atoms with van der Waals surface area (Å²) in [4.78, 5) is 15.1. The summed E-state index contributed by atoms with van der Waals surface area (Å²) in [6.07, 6.45) is 8.29. The van der Waals surface area contributed by atoms with Crippen molar-refractivity contribution in [1.82, 2.24) is 24.7 Å². The molecule has 126 valence electrons. The molecule has 4 heterocycles. The summed E-state index contributed by atoms with van der Waals surface area (Å²) >= 11 is 1.48. The van der Waals surface area contributed by atoms with Crippen LogP contribution in [0.15, 0.2) is 24.8 Å². The van der Waals surface area contributed by atoms with Crippen LogP contribution in [-0.4, -0.2) is 43.6 Å². The van der Waals surface area contributed by atoms with Crippen LogP contribution in [0.4, 0.5) is 5.82 Å². The van der Waals surface area contributed by atoms with Gasteiger partial charge in [0.05, 0.1) is 34.8 Å². The molecule has 1 fully saturated rings. The lowest BCUT2D eigenvalue weighted by Crippen LogP contribution is -2.22. The summed E-state index contributed by atoms with van der Waals surface area (Å²) in [5, 5.41) is 16.9. The zero-order valence-corrected chi connectivity index (χ0v) is 14.5.